The molecule has 0 aliphatic heterocycles. The Morgan fingerprint density at radius 1 is 1.37 bits per heavy atom. The highest BCUT2D eigenvalue weighted by Gasteiger charge is 2.39. The maximum absolute atomic E-state index is 6.30. The van der Waals surface area contributed by atoms with Gasteiger partial charge in [0.1, 0.15) is 5.82 Å². The van der Waals surface area contributed by atoms with E-state index < -0.39 is 0 Å². The molecule has 0 radical (unpaired) electrons. The molecular formula is C14H15Cl2N3. The Kier molecular flexibility index (Phi) is 2.99. The highest BCUT2D eigenvalue weighted by Crippen LogP contribution is 2.51. The number of nitrogens with zero attached hydrogens (tertiary/aromatic N) is 2. The number of hydrogen-bond donors (Lipinski definition) is 1. The van der Waals surface area contributed by atoms with Gasteiger partial charge in [0, 0.05) is 29.1 Å². The molecule has 1 saturated carbocycles. The first-order chi connectivity index (χ1) is 8.99. The first-order valence-corrected chi connectivity index (χ1v) is 7.02. The van der Waals surface area contributed by atoms with Gasteiger partial charge in [0.2, 0.25) is 0 Å². The van der Waals surface area contributed by atoms with Crippen LogP contribution in [0.15, 0.2) is 18.2 Å². The zero-order chi connectivity index (χ0) is 13.7. The van der Waals surface area contributed by atoms with E-state index in [9.17, 15) is 0 Å². The van der Waals surface area contributed by atoms with Crippen LogP contribution in [0.2, 0.25) is 10.0 Å². The molecule has 1 aliphatic carbocycles. The van der Waals surface area contributed by atoms with Crippen molar-refractivity contribution in [3.63, 3.8) is 0 Å². The number of aromatic nitrogens is 2. The predicted octanol–water partition coefficient (Wildman–Crippen LogP) is 4.10. The van der Waals surface area contributed by atoms with Crippen LogP contribution in [0.1, 0.15) is 25.0 Å². The summed E-state index contributed by atoms with van der Waals surface area (Å²) in [6.07, 6.45) is 1.16. The van der Waals surface area contributed by atoms with E-state index in [1.165, 1.54) is 0 Å². The molecule has 2 aromatic rings. The second-order valence-electron chi connectivity index (χ2n) is 5.21. The van der Waals surface area contributed by atoms with Gasteiger partial charge in [-0.05, 0) is 24.5 Å². The van der Waals surface area contributed by atoms with Crippen LogP contribution < -0.4 is 5.73 Å². The first-order valence-electron chi connectivity index (χ1n) is 6.26. The van der Waals surface area contributed by atoms with Crippen molar-refractivity contribution < 1.29 is 0 Å². The third-order valence-corrected chi connectivity index (χ3v) is 4.33. The SMILES string of the molecule is CC1CC1c1nn(C)c(N)c1-c1ccc(Cl)cc1Cl. The van der Waals surface area contributed by atoms with E-state index in [1.807, 2.05) is 19.2 Å². The Bertz CT molecular complexity index is 648. The summed E-state index contributed by atoms with van der Waals surface area (Å²) in [5.41, 5.74) is 9.08. The van der Waals surface area contributed by atoms with E-state index >= 15 is 0 Å². The summed E-state index contributed by atoms with van der Waals surface area (Å²) < 4.78 is 1.72. The van der Waals surface area contributed by atoms with Gasteiger partial charge in [0.25, 0.3) is 0 Å². The van der Waals surface area contributed by atoms with E-state index in [4.69, 9.17) is 28.9 Å². The summed E-state index contributed by atoms with van der Waals surface area (Å²) in [6, 6.07) is 5.48. The van der Waals surface area contributed by atoms with Gasteiger partial charge < -0.3 is 5.73 Å². The zero-order valence-corrected chi connectivity index (χ0v) is 12.3. The normalized spacial score (nSPS) is 21.7. The van der Waals surface area contributed by atoms with Gasteiger partial charge in [-0.1, -0.05) is 36.2 Å². The zero-order valence-electron chi connectivity index (χ0n) is 10.8. The van der Waals surface area contributed by atoms with Crippen molar-refractivity contribution >= 4 is 29.0 Å². The number of aryl methyl sites for hydroxylation is 1. The van der Waals surface area contributed by atoms with Gasteiger partial charge in [-0.15, -0.1) is 0 Å². The van der Waals surface area contributed by atoms with Crippen LogP contribution in [-0.4, -0.2) is 9.78 Å². The molecule has 1 aromatic carbocycles. The van der Waals surface area contributed by atoms with Crippen molar-refractivity contribution in [1.82, 2.24) is 9.78 Å². The molecule has 0 bridgehead atoms. The lowest BCUT2D eigenvalue weighted by atomic mass is 10.0. The van der Waals surface area contributed by atoms with Gasteiger partial charge in [-0.25, -0.2) is 0 Å². The Morgan fingerprint density at radius 2 is 2.05 bits per heavy atom. The number of rotatable bonds is 2. The fraction of sp³-hybridized carbons (Fsp3) is 0.357. The molecule has 19 heavy (non-hydrogen) atoms. The molecule has 3 nitrogen and oxygen atoms in total. The third kappa shape index (κ3) is 2.11. The standard InChI is InChI=1S/C14H15Cl2N3/c1-7-5-10(7)13-12(14(17)19(2)18-13)9-4-3-8(15)6-11(9)16/h3-4,6-7,10H,5,17H2,1-2H3. The number of benzene rings is 1. The monoisotopic (exact) mass is 295 g/mol. The van der Waals surface area contributed by atoms with Crippen LogP contribution in [0.5, 0.6) is 0 Å². The highest BCUT2D eigenvalue weighted by molar-refractivity contribution is 6.36. The summed E-state index contributed by atoms with van der Waals surface area (Å²) in [6.45, 7) is 2.22. The van der Waals surface area contributed by atoms with Crippen LogP contribution >= 0.6 is 23.2 Å². The number of nitrogens with two attached hydrogens (primary N) is 1. The quantitative estimate of drug-likeness (QED) is 0.906. The van der Waals surface area contributed by atoms with Gasteiger partial charge >= 0.3 is 0 Å². The molecule has 5 heteroatoms. The Labute approximate surface area is 122 Å². The summed E-state index contributed by atoms with van der Waals surface area (Å²) in [5, 5.41) is 5.80. The van der Waals surface area contributed by atoms with Crippen LogP contribution in [0, 0.1) is 5.92 Å². The molecule has 100 valence electrons. The molecule has 1 heterocycles. The van der Waals surface area contributed by atoms with Crippen molar-refractivity contribution in [2.45, 2.75) is 19.3 Å². The minimum absolute atomic E-state index is 0.491. The van der Waals surface area contributed by atoms with Crippen LogP contribution in [0.25, 0.3) is 11.1 Å². The Balaban J connectivity index is 2.18. The lowest BCUT2D eigenvalue weighted by Gasteiger charge is -2.06. The van der Waals surface area contributed by atoms with Crippen molar-refractivity contribution in [2.24, 2.45) is 13.0 Å². The predicted molar refractivity (Wildman–Crippen MR) is 79.6 cm³/mol. The fourth-order valence-electron chi connectivity index (χ4n) is 2.49. The van der Waals surface area contributed by atoms with Crippen LogP contribution in [0.3, 0.4) is 0 Å². The average Bonchev–Trinajstić information content (AvgIpc) is 2.99. The topological polar surface area (TPSA) is 43.8 Å². The van der Waals surface area contributed by atoms with Gasteiger partial charge in [0.05, 0.1) is 10.7 Å². The van der Waals surface area contributed by atoms with E-state index in [2.05, 4.69) is 12.0 Å². The lowest BCUT2D eigenvalue weighted by molar-refractivity contribution is 0.743. The smallest absolute Gasteiger partial charge is 0.129 e. The number of nitrogen functional groups attached to an aromatic ring is 1. The second kappa shape index (κ2) is 4.43. The summed E-state index contributed by atoms with van der Waals surface area (Å²) >= 11 is 12.3. The maximum Gasteiger partial charge on any atom is 0.129 e. The molecule has 1 aliphatic rings. The van der Waals surface area contributed by atoms with Gasteiger partial charge in [-0.3, -0.25) is 4.68 Å². The minimum Gasteiger partial charge on any atom is -0.383 e. The van der Waals surface area contributed by atoms with Crippen molar-refractivity contribution in [3.8, 4) is 11.1 Å². The van der Waals surface area contributed by atoms with Crippen LogP contribution in [0.4, 0.5) is 5.82 Å². The second-order valence-corrected chi connectivity index (χ2v) is 6.06. The molecule has 3 rings (SSSR count). The lowest BCUT2D eigenvalue weighted by Crippen LogP contribution is -1.98. The molecule has 2 unspecified atom stereocenters. The molecular weight excluding hydrogens is 281 g/mol. The first kappa shape index (κ1) is 12.8. The maximum atomic E-state index is 6.30. The largest absolute Gasteiger partial charge is 0.383 e. The average molecular weight is 296 g/mol. The third-order valence-electron chi connectivity index (χ3n) is 3.78. The van der Waals surface area contributed by atoms with Gasteiger partial charge in [0.15, 0.2) is 0 Å². The molecule has 1 fully saturated rings. The Morgan fingerprint density at radius 3 is 2.63 bits per heavy atom. The molecule has 1 aromatic heterocycles. The van der Waals surface area contributed by atoms with Crippen molar-refractivity contribution in [1.29, 1.82) is 0 Å². The number of anilines is 1. The Hall–Kier alpha value is -1.19. The summed E-state index contributed by atoms with van der Waals surface area (Å²) in [7, 11) is 1.86. The van der Waals surface area contributed by atoms with Gasteiger partial charge in [-0.2, -0.15) is 5.10 Å². The summed E-state index contributed by atoms with van der Waals surface area (Å²) in [5.74, 6) is 1.81. The van der Waals surface area contributed by atoms with E-state index in [-0.39, 0.29) is 0 Å². The highest BCUT2D eigenvalue weighted by atomic mass is 35.5. The molecule has 2 N–H and O–H groups in total. The minimum atomic E-state index is 0.491. The van der Waals surface area contributed by atoms with E-state index in [1.54, 1.807) is 10.7 Å². The van der Waals surface area contributed by atoms with E-state index in [0.717, 1.165) is 23.2 Å². The van der Waals surface area contributed by atoms with Crippen molar-refractivity contribution in [3.05, 3.63) is 33.9 Å². The van der Waals surface area contributed by atoms with Crippen molar-refractivity contribution in [2.75, 3.05) is 5.73 Å². The molecule has 0 spiro atoms. The summed E-state index contributed by atoms with van der Waals surface area (Å²) in [4.78, 5) is 0. The fourth-order valence-corrected chi connectivity index (χ4v) is 2.99. The molecule has 2 atom stereocenters. The van der Waals surface area contributed by atoms with Crippen LogP contribution in [-0.2, 0) is 7.05 Å². The number of hydrogen-bond acceptors (Lipinski definition) is 2. The number of halogens is 2. The van der Waals surface area contributed by atoms with E-state index in [0.29, 0.717) is 27.7 Å². The molecule has 0 amide bonds. The molecule has 0 saturated heterocycles.